The largest absolute Gasteiger partial charge is 0.386 e. The summed E-state index contributed by atoms with van der Waals surface area (Å²) in [5.41, 5.74) is 0. The van der Waals surface area contributed by atoms with E-state index in [1.165, 1.54) is 6.08 Å². The number of hydrogen-bond acceptors (Lipinski definition) is 7. The zero-order chi connectivity index (χ0) is 22.1. The zero-order valence-corrected chi connectivity index (χ0v) is 17.4. The van der Waals surface area contributed by atoms with Crippen molar-refractivity contribution in [1.82, 2.24) is 0 Å². The third-order valence-corrected chi connectivity index (χ3v) is 5.21. The molecular formula is C20H36N2O7. The van der Waals surface area contributed by atoms with Gasteiger partial charge in [-0.1, -0.05) is 39.0 Å². The van der Waals surface area contributed by atoms with Crippen LogP contribution in [0.3, 0.4) is 0 Å². The SMILES string of the molecule is CCCCCC(C(O)CCCCC(C(O)CCCCCC=C=O)[N+](=O)[O-])[N+](=O)[O-]. The highest BCUT2D eigenvalue weighted by atomic mass is 16.6. The Kier molecular flexibility index (Phi) is 16.0. The molecule has 2 N–H and O–H groups in total. The summed E-state index contributed by atoms with van der Waals surface area (Å²) in [5, 5.41) is 42.6. The predicted octanol–water partition coefficient (Wildman–Crippen LogP) is 3.48. The highest BCUT2D eigenvalue weighted by molar-refractivity contribution is 5.44. The van der Waals surface area contributed by atoms with Crippen LogP contribution in [0.25, 0.3) is 0 Å². The average molecular weight is 417 g/mol. The van der Waals surface area contributed by atoms with Gasteiger partial charge in [-0.2, -0.15) is 0 Å². The zero-order valence-electron chi connectivity index (χ0n) is 17.4. The maximum absolute atomic E-state index is 11.2. The number of nitro groups is 2. The Labute approximate surface area is 172 Å². The van der Waals surface area contributed by atoms with Gasteiger partial charge < -0.3 is 10.2 Å². The van der Waals surface area contributed by atoms with Gasteiger partial charge in [0.2, 0.25) is 12.1 Å². The van der Waals surface area contributed by atoms with E-state index in [0.29, 0.717) is 44.9 Å². The minimum atomic E-state index is -1.07. The van der Waals surface area contributed by atoms with E-state index in [1.54, 1.807) is 5.94 Å². The highest BCUT2D eigenvalue weighted by Crippen LogP contribution is 2.18. The standard InChI is InChI=1S/C20H36N2O7/c1-2-3-7-12-17(21(26)27)20(25)15-10-9-13-18(22(28)29)19(24)14-8-5-4-6-11-16-23/h11,17-20,24-25H,2-10,12-15H2,1H3. The van der Waals surface area contributed by atoms with Gasteiger partial charge in [0.1, 0.15) is 18.1 Å². The monoisotopic (exact) mass is 416 g/mol. The van der Waals surface area contributed by atoms with Crippen LogP contribution in [0.1, 0.15) is 90.4 Å². The third-order valence-electron chi connectivity index (χ3n) is 5.21. The molecule has 29 heavy (non-hydrogen) atoms. The van der Waals surface area contributed by atoms with Crippen LogP contribution in [-0.2, 0) is 4.79 Å². The lowest BCUT2D eigenvalue weighted by Crippen LogP contribution is -2.34. The van der Waals surface area contributed by atoms with Gasteiger partial charge in [0.15, 0.2) is 0 Å². The second kappa shape index (κ2) is 17.1. The van der Waals surface area contributed by atoms with Gasteiger partial charge in [0, 0.05) is 22.7 Å². The van der Waals surface area contributed by atoms with E-state index >= 15 is 0 Å². The summed E-state index contributed by atoms with van der Waals surface area (Å²) in [4.78, 5) is 31.5. The van der Waals surface area contributed by atoms with Gasteiger partial charge in [-0.3, -0.25) is 20.2 Å². The highest BCUT2D eigenvalue weighted by Gasteiger charge is 2.31. The molecule has 0 aliphatic rings. The summed E-state index contributed by atoms with van der Waals surface area (Å²) in [7, 11) is 0. The fraction of sp³-hybridized carbons (Fsp3) is 0.900. The second-order valence-electron chi connectivity index (χ2n) is 7.58. The van der Waals surface area contributed by atoms with Crippen molar-refractivity contribution in [3.63, 3.8) is 0 Å². The van der Waals surface area contributed by atoms with Crippen molar-refractivity contribution in [3.05, 3.63) is 26.3 Å². The molecule has 9 nitrogen and oxygen atoms in total. The van der Waals surface area contributed by atoms with Gasteiger partial charge in [-0.15, -0.1) is 0 Å². The van der Waals surface area contributed by atoms with E-state index in [0.717, 1.165) is 25.7 Å². The molecular weight excluding hydrogens is 380 g/mol. The molecule has 0 amide bonds. The van der Waals surface area contributed by atoms with Gasteiger partial charge >= 0.3 is 0 Å². The molecule has 168 valence electrons. The molecule has 0 fully saturated rings. The lowest BCUT2D eigenvalue weighted by atomic mass is 9.96. The van der Waals surface area contributed by atoms with E-state index < -0.39 is 34.1 Å². The fourth-order valence-electron chi connectivity index (χ4n) is 3.41. The number of aliphatic hydroxyl groups is 2. The van der Waals surface area contributed by atoms with Gasteiger partial charge in [-0.25, -0.2) is 4.79 Å². The predicted molar refractivity (Wildman–Crippen MR) is 110 cm³/mol. The first-order valence-corrected chi connectivity index (χ1v) is 10.7. The molecule has 4 atom stereocenters. The van der Waals surface area contributed by atoms with Crippen molar-refractivity contribution in [1.29, 1.82) is 0 Å². The Hall–Kier alpha value is -1.83. The molecule has 9 heteroatoms. The van der Waals surface area contributed by atoms with Crippen LogP contribution in [-0.4, -0.2) is 50.3 Å². The Morgan fingerprint density at radius 2 is 1.24 bits per heavy atom. The molecule has 0 aromatic carbocycles. The minimum absolute atomic E-state index is 0.174. The molecule has 0 rings (SSSR count). The number of carbonyl (C=O) groups excluding carboxylic acids is 1. The summed E-state index contributed by atoms with van der Waals surface area (Å²) < 4.78 is 0. The molecule has 0 heterocycles. The summed E-state index contributed by atoms with van der Waals surface area (Å²) in [6.45, 7) is 2.00. The van der Waals surface area contributed by atoms with E-state index in [2.05, 4.69) is 0 Å². The summed E-state index contributed by atoms with van der Waals surface area (Å²) >= 11 is 0. The van der Waals surface area contributed by atoms with Crippen LogP contribution in [0.5, 0.6) is 0 Å². The first-order chi connectivity index (χ1) is 13.8. The van der Waals surface area contributed by atoms with Crippen molar-refractivity contribution in [3.8, 4) is 0 Å². The lowest BCUT2D eigenvalue weighted by molar-refractivity contribution is -0.536. The van der Waals surface area contributed by atoms with E-state index in [-0.39, 0.29) is 12.8 Å². The number of aliphatic hydroxyl groups excluding tert-OH is 2. The van der Waals surface area contributed by atoms with Gasteiger partial charge in [0.05, 0.1) is 0 Å². The lowest BCUT2D eigenvalue weighted by Gasteiger charge is -2.18. The smallest absolute Gasteiger partial charge is 0.238 e. The number of nitrogens with zero attached hydrogens (tertiary/aromatic N) is 2. The van der Waals surface area contributed by atoms with E-state index in [9.17, 15) is 35.2 Å². The van der Waals surface area contributed by atoms with Crippen LogP contribution < -0.4 is 0 Å². The molecule has 4 unspecified atom stereocenters. The fourth-order valence-corrected chi connectivity index (χ4v) is 3.41. The number of hydrogen-bond donors (Lipinski definition) is 2. The topological polar surface area (TPSA) is 144 Å². The third kappa shape index (κ3) is 13.1. The molecule has 0 saturated carbocycles. The minimum Gasteiger partial charge on any atom is -0.386 e. The molecule has 0 aromatic rings. The Morgan fingerprint density at radius 1 is 0.793 bits per heavy atom. The maximum Gasteiger partial charge on any atom is 0.238 e. The molecule has 0 spiro atoms. The van der Waals surface area contributed by atoms with Crippen molar-refractivity contribution >= 4 is 5.94 Å². The average Bonchev–Trinajstić information content (AvgIpc) is 2.66. The molecule has 0 aliphatic heterocycles. The molecule has 0 bridgehead atoms. The van der Waals surface area contributed by atoms with Gasteiger partial charge in [-0.05, 0) is 44.6 Å². The van der Waals surface area contributed by atoms with Crippen LogP contribution in [0.4, 0.5) is 0 Å². The Bertz CT molecular complexity index is 509. The number of unbranched alkanes of at least 4 members (excludes halogenated alkanes) is 6. The van der Waals surface area contributed by atoms with Crippen molar-refractivity contribution in [2.75, 3.05) is 0 Å². The van der Waals surface area contributed by atoms with E-state index in [4.69, 9.17) is 0 Å². The van der Waals surface area contributed by atoms with Crippen molar-refractivity contribution in [2.24, 2.45) is 0 Å². The number of rotatable bonds is 19. The van der Waals surface area contributed by atoms with Crippen LogP contribution in [0.2, 0.25) is 0 Å². The number of allylic oxidation sites excluding steroid dienone is 1. The quantitative estimate of drug-likeness (QED) is 0.142. The first-order valence-electron chi connectivity index (χ1n) is 10.7. The second-order valence-corrected chi connectivity index (χ2v) is 7.58. The Morgan fingerprint density at radius 3 is 1.69 bits per heavy atom. The molecule has 0 aromatic heterocycles. The Balaban J connectivity index is 4.26. The molecule has 0 saturated heterocycles. The van der Waals surface area contributed by atoms with Gasteiger partial charge in [0.25, 0.3) is 0 Å². The van der Waals surface area contributed by atoms with Crippen LogP contribution >= 0.6 is 0 Å². The maximum atomic E-state index is 11.2. The van der Waals surface area contributed by atoms with E-state index in [1.807, 2.05) is 6.92 Å². The van der Waals surface area contributed by atoms with Crippen molar-refractivity contribution < 1.29 is 24.9 Å². The summed E-state index contributed by atoms with van der Waals surface area (Å²) in [6, 6.07) is -2.06. The van der Waals surface area contributed by atoms with Crippen LogP contribution in [0, 0.1) is 20.2 Å². The molecule has 0 aliphatic carbocycles. The summed E-state index contributed by atoms with van der Waals surface area (Å²) in [5.74, 6) is 1.69. The summed E-state index contributed by atoms with van der Waals surface area (Å²) in [6.07, 6.45) is 6.54. The molecule has 0 radical (unpaired) electrons. The van der Waals surface area contributed by atoms with Crippen molar-refractivity contribution in [2.45, 2.75) is 115 Å². The normalized spacial score (nSPS) is 15.1. The van der Waals surface area contributed by atoms with Crippen LogP contribution in [0.15, 0.2) is 6.08 Å². The first kappa shape index (κ1) is 27.2.